The second-order valence-corrected chi connectivity index (χ2v) is 11.4. The van der Waals surface area contributed by atoms with Crippen LogP contribution in [0.1, 0.15) is 49.7 Å². The van der Waals surface area contributed by atoms with Crippen molar-refractivity contribution in [2.75, 3.05) is 10.6 Å². The Morgan fingerprint density at radius 1 is 0.632 bits per heavy atom. The van der Waals surface area contributed by atoms with Gasteiger partial charge in [0.2, 0.25) is 9.84 Å². The Labute approximate surface area is 218 Å². The van der Waals surface area contributed by atoms with Crippen LogP contribution in [0.5, 0.6) is 0 Å². The fourth-order valence-corrected chi connectivity index (χ4v) is 7.03. The zero-order valence-electron chi connectivity index (χ0n) is 20.2. The molecule has 0 fully saturated rings. The highest BCUT2D eigenvalue weighted by Gasteiger charge is 2.32. The molecule has 5 rings (SSSR count). The van der Waals surface area contributed by atoms with Crippen molar-refractivity contribution in [1.29, 1.82) is 0 Å². The number of anilines is 2. The molecule has 3 aliphatic rings. The smallest absolute Gasteiger partial charge is 0.332 e. The van der Waals surface area contributed by atoms with Crippen LogP contribution in [0.3, 0.4) is 0 Å². The Morgan fingerprint density at radius 2 is 1.03 bits per heavy atom. The van der Waals surface area contributed by atoms with E-state index in [0.29, 0.717) is 56.1 Å². The molecule has 0 radical (unpaired) electrons. The number of carbonyl (C=O) groups is 4. The first-order valence-corrected chi connectivity index (χ1v) is 13.6. The SMILES string of the molecule is O=C(O)C1=C(C(=O)Nc2ccc3c(c2)S(=O)(=O)c2cc(NC(=O)C4=C(C(=O)O)CCC4)ccc2C3)CCC1. The molecule has 10 nitrogen and oxygen atoms in total. The van der Waals surface area contributed by atoms with Gasteiger partial charge in [0.05, 0.1) is 9.79 Å². The summed E-state index contributed by atoms with van der Waals surface area (Å²) in [6.07, 6.45) is 2.73. The number of hydrogen-bond donors (Lipinski definition) is 4. The van der Waals surface area contributed by atoms with E-state index in [9.17, 15) is 37.8 Å². The lowest BCUT2D eigenvalue weighted by Crippen LogP contribution is -2.19. The Morgan fingerprint density at radius 3 is 1.42 bits per heavy atom. The molecular weight excluding hydrogens is 512 g/mol. The van der Waals surface area contributed by atoms with Gasteiger partial charge in [0.25, 0.3) is 11.8 Å². The summed E-state index contributed by atoms with van der Waals surface area (Å²) in [6, 6.07) is 9.10. The van der Waals surface area contributed by atoms with E-state index in [2.05, 4.69) is 10.6 Å². The first-order valence-electron chi connectivity index (χ1n) is 12.1. The predicted octanol–water partition coefficient (Wildman–Crippen LogP) is 3.43. The molecule has 4 N–H and O–H groups in total. The molecule has 11 heteroatoms. The molecular formula is C27H24N2O8S. The average Bonchev–Trinajstić information content (AvgIpc) is 3.55. The van der Waals surface area contributed by atoms with E-state index in [1.807, 2.05) is 0 Å². The quantitative estimate of drug-likeness (QED) is 0.372. The summed E-state index contributed by atoms with van der Waals surface area (Å²) >= 11 is 0. The van der Waals surface area contributed by atoms with Crippen molar-refractivity contribution >= 4 is 45.0 Å². The number of fused-ring (bicyclic) bond motifs is 2. The van der Waals surface area contributed by atoms with Crippen molar-refractivity contribution in [3.63, 3.8) is 0 Å². The molecule has 0 saturated heterocycles. The molecule has 0 atom stereocenters. The Bertz CT molecular complexity index is 1490. The van der Waals surface area contributed by atoms with Gasteiger partial charge in [0.1, 0.15) is 0 Å². The molecule has 0 aromatic heterocycles. The largest absolute Gasteiger partial charge is 0.478 e. The van der Waals surface area contributed by atoms with E-state index in [-0.39, 0.29) is 43.5 Å². The summed E-state index contributed by atoms with van der Waals surface area (Å²) in [6.45, 7) is 0. The molecule has 196 valence electrons. The van der Waals surface area contributed by atoms with Gasteiger partial charge in [-0.3, -0.25) is 9.59 Å². The lowest BCUT2D eigenvalue weighted by Gasteiger charge is -2.22. The molecule has 1 aliphatic heterocycles. The lowest BCUT2D eigenvalue weighted by atomic mass is 10.0. The van der Waals surface area contributed by atoms with Crippen molar-refractivity contribution < 1.29 is 37.8 Å². The molecule has 2 amide bonds. The van der Waals surface area contributed by atoms with Crippen LogP contribution in [0.15, 0.2) is 68.5 Å². The summed E-state index contributed by atoms with van der Waals surface area (Å²) in [5.41, 5.74) is 2.05. The van der Waals surface area contributed by atoms with Crippen LogP contribution in [-0.2, 0) is 35.4 Å². The molecule has 0 saturated carbocycles. The normalized spacial score (nSPS) is 17.6. The van der Waals surface area contributed by atoms with E-state index >= 15 is 0 Å². The van der Waals surface area contributed by atoms with Crippen molar-refractivity contribution in [1.82, 2.24) is 0 Å². The van der Waals surface area contributed by atoms with Crippen LogP contribution in [0, 0.1) is 0 Å². The van der Waals surface area contributed by atoms with Crippen molar-refractivity contribution in [2.24, 2.45) is 0 Å². The first kappa shape index (κ1) is 25.4. The first-order chi connectivity index (χ1) is 18.1. The van der Waals surface area contributed by atoms with E-state index in [0.717, 1.165) is 0 Å². The van der Waals surface area contributed by atoms with Gasteiger partial charge in [-0.05, 0) is 73.9 Å². The van der Waals surface area contributed by atoms with Gasteiger partial charge in [0.15, 0.2) is 0 Å². The Kier molecular flexibility index (Phi) is 6.39. The van der Waals surface area contributed by atoms with Gasteiger partial charge in [-0.1, -0.05) is 12.1 Å². The molecule has 2 aromatic rings. The van der Waals surface area contributed by atoms with Crippen LogP contribution in [0.25, 0.3) is 0 Å². The monoisotopic (exact) mass is 536 g/mol. The van der Waals surface area contributed by atoms with Gasteiger partial charge in [-0.25, -0.2) is 18.0 Å². The maximum atomic E-state index is 13.6. The molecule has 0 spiro atoms. The van der Waals surface area contributed by atoms with Gasteiger partial charge in [0, 0.05) is 40.1 Å². The average molecular weight is 537 g/mol. The van der Waals surface area contributed by atoms with Crippen LogP contribution >= 0.6 is 0 Å². The van der Waals surface area contributed by atoms with Crippen LogP contribution in [-0.4, -0.2) is 42.4 Å². The summed E-state index contributed by atoms with van der Waals surface area (Å²) in [5.74, 6) is -3.41. The summed E-state index contributed by atoms with van der Waals surface area (Å²) in [4.78, 5) is 48.3. The van der Waals surface area contributed by atoms with Crippen molar-refractivity contribution in [3.8, 4) is 0 Å². The molecule has 38 heavy (non-hydrogen) atoms. The number of benzene rings is 2. The standard InChI is InChI=1S/C27H24N2O8S/c30-24(18-3-1-5-20(18)26(32)33)28-16-9-7-14-11-15-8-10-17(13-23(15)38(36,37)22(14)12-16)29-25(31)19-4-2-6-21(19)27(34)35/h7-10,12-13H,1-6,11H2,(H,28,30)(H,29,31)(H,32,33)(H,34,35). The Hall–Kier alpha value is -4.25. The minimum absolute atomic E-state index is 0.0109. The van der Waals surface area contributed by atoms with E-state index < -0.39 is 33.6 Å². The van der Waals surface area contributed by atoms with E-state index in [1.165, 1.54) is 12.1 Å². The Balaban J connectivity index is 1.42. The van der Waals surface area contributed by atoms with Crippen LogP contribution < -0.4 is 10.6 Å². The predicted molar refractivity (Wildman–Crippen MR) is 135 cm³/mol. The zero-order chi connectivity index (χ0) is 27.2. The highest BCUT2D eigenvalue weighted by molar-refractivity contribution is 7.91. The third-order valence-corrected chi connectivity index (χ3v) is 9.03. The molecule has 0 bridgehead atoms. The fourth-order valence-electron chi connectivity index (χ4n) is 5.25. The maximum absolute atomic E-state index is 13.6. The summed E-state index contributed by atoms with van der Waals surface area (Å²) < 4.78 is 27.1. The number of rotatable bonds is 6. The van der Waals surface area contributed by atoms with Crippen molar-refractivity contribution in [2.45, 2.75) is 54.7 Å². The summed E-state index contributed by atoms with van der Waals surface area (Å²) in [5, 5.41) is 23.9. The number of hydrogen-bond acceptors (Lipinski definition) is 6. The van der Waals surface area contributed by atoms with Gasteiger partial charge in [-0.15, -0.1) is 0 Å². The number of nitrogens with one attached hydrogen (secondary N) is 2. The van der Waals surface area contributed by atoms with E-state index in [4.69, 9.17) is 0 Å². The third kappa shape index (κ3) is 4.49. The number of sulfone groups is 1. The van der Waals surface area contributed by atoms with Crippen LogP contribution in [0.2, 0.25) is 0 Å². The molecule has 2 aliphatic carbocycles. The van der Waals surface area contributed by atoms with Gasteiger partial charge >= 0.3 is 11.9 Å². The lowest BCUT2D eigenvalue weighted by molar-refractivity contribution is -0.133. The number of aliphatic carboxylic acids is 2. The topological polar surface area (TPSA) is 167 Å². The number of carboxylic acid groups (broad SMARTS) is 2. The fraction of sp³-hybridized carbons (Fsp3) is 0.259. The molecule has 1 heterocycles. The van der Waals surface area contributed by atoms with Gasteiger partial charge in [-0.2, -0.15) is 0 Å². The number of carboxylic acids is 2. The second kappa shape index (κ2) is 9.56. The third-order valence-electron chi connectivity index (χ3n) is 7.11. The highest BCUT2D eigenvalue weighted by atomic mass is 32.2. The minimum Gasteiger partial charge on any atom is -0.478 e. The van der Waals surface area contributed by atoms with Crippen molar-refractivity contribution in [3.05, 3.63) is 69.8 Å². The highest BCUT2D eigenvalue weighted by Crippen LogP contribution is 2.38. The maximum Gasteiger partial charge on any atom is 0.332 e. The zero-order valence-corrected chi connectivity index (χ0v) is 21.0. The molecule has 0 unspecified atom stereocenters. The second-order valence-electron chi connectivity index (χ2n) is 9.47. The number of amides is 2. The van der Waals surface area contributed by atoms with E-state index in [1.54, 1.807) is 24.3 Å². The van der Waals surface area contributed by atoms with Crippen LogP contribution in [0.4, 0.5) is 11.4 Å². The van der Waals surface area contributed by atoms with Gasteiger partial charge < -0.3 is 20.8 Å². The molecule has 2 aromatic carbocycles. The number of carbonyl (C=O) groups excluding carboxylic acids is 2. The minimum atomic E-state index is -4.02. The summed E-state index contributed by atoms with van der Waals surface area (Å²) in [7, 11) is -4.02.